The van der Waals surface area contributed by atoms with Gasteiger partial charge in [0.1, 0.15) is 0 Å². The third-order valence-corrected chi connectivity index (χ3v) is 2.62. The second kappa shape index (κ2) is 6.93. The fourth-order valence-electron chi connectivity index (χ4n) is 1.01. The zero-order valence-corrected chi connectivity index (χ0v) is 12.3. The Labute approximate surface area is 123 Å². The van der Waals surface area contributed by atoms with Gasteiger partial charge >= 0.3 is 35.5 Å². The first kappa shape index (κ1) is 16.3. The van der Waals surface area contributed by atoms with Crippen molar-refractivity contribution < 1.29 is 53.5 Å². The van der Waals surface area contributed by atoms with Crippen LogP contribution in [0.5, 0.6) is 0 Å². The topological polar surface area (TPSA) is 80.7 Å². The fraction of sp³-hybridized carbons (Fsp3) is 0.100. The van der Waals surface area contributed by atoms with E-state index in [1.54, 1.807) is 6.07 Å². The third-order valence-electron chi connectivity index (χ3n) is 1.77. The van der Waals surface area contributed by atoms with Crippen molar-refractivity contribution in [2.75, 3.05) is 7.11 Å². The molecule has 0 aliphatic carbocycles. The predicted octanol–water partition coefficient (Wildman–Crippen LogP) is -1.76. The minimum absolute atomic E-state index is 0. The van der Waals surface area contributed by atoms with Crippen LogP contribution in [0.15, 0.2) is 35.2 Å². The van der Waals surface area contributed by atoms with Crippen LogP contribution in [-0.2, 0) is 19.6 Å². The molecule has 0 bridgehead atoms. The molecule has 7 heteroatoms. The standard InChI is InChI=1S/C10H10O5S.Na.H/c1-15-10(11)6-5-8-3-2-4-9(7-8)16(12,13)14;;/h2-7H,1H3,(H,12,13,14);;/q;+1;-1/b6-5+;;. The van der Waals surface area contributed by atoms with Crippen LogP contribution in [0.1, 0.15) is 6.99 Å². The predicted molar refractivity (Wildman–Crippen MR) is 58.4 cm³/mol. The Bertz CT molecular complexity index is 527. The van der Waals surface area contributed by atoms with Crippen molar-refractivity contribution in [3.8, 4) is 0 Å². The molecule has 0 saturated carbocycles. The van der Waals surface area contributed by atoms with Crippen LogP contribution in [0.4, 0.5) is 0 Å². The number of rotatable bonds is 3. The monoisotopic (exact) mass is 266 g/mol. The Kier molecular flexibility index (Phi) is 6.66. The van der Waals surface area contributed by atoms with E-state index in [0.29, 0.717) is 5.56 Å². The first-order chi connectivity index (χ1) is 7.43. The summed E-state index contributed by atoms with van der Waals surface area (Å²) in [7, 11) is -2.98. The van der Waals surface area contributed by atoms with E-state index in [0.717, 1.165) is 6.08 Å². The average Bonchev–Trinajstić information content (AvgIpc) is 2.25. The Hall–Kier alpha value is -0.660. The Morgan fingerprint density at radius 2 is 2.12 bits per heavy atom. The number of ether oxygens (including phenoxy) is 1. The largest absolute Gasteiger partial charge is 1.00 e. The molecule has 0 unspecified atom stereocenters. The van der Waals surface area contributed by atoms with E-state index in [4.69, 9.17) is 4.55 Å². The smallest absolute Gasteiger partial charge is 1.00 e. The maximum absolute atomic E-state index is 10.8. The number of hydrogen-bond acceptors (Lipinski definition) is 4. The maximum atomic E-state index is 10.8. The van der Waals surface area contributed by atoms with E-state index < -0.39 is 16.1 Å². The van der Waals surface area contributed by atoms with Crippen LogP contribution in [-0.4, -0.2) is 26.0 Å². The van der Waals surface area contributed by atoms with Gasteiger partial charge in [-0.15, -0.1) is 0 Å². The molecule has 5 nitrogen and oxygen atoms in total. The van der Waals surface area contributed by atoms with Crippen molar-refractivity contribution >= 4 is 22.2 Å². The van der Waals surface area contributed by atoms with Gasteiger partial charge in [0, 0.05) is 6.08 Å². The van der Waals surface area contributed by atoms with E-state index in [1.165, 1.54) is 31.4 Å². The van der Waals surface area contributed by atoms with Gasteiger partial charge in [-0.2, -0.15) is 8.42 Å². The van der Waals surface area contributed by atoms with Crippen molar-refractivity contribution in [3.63, 3.8) is 0 Å². The van der Waals surface area contributed by atoms with Crippen molar-refractivity contribution in [2.45, 2.75) is 4.90 Å². The van der Waals surface area contributed by atoms with E-state index in [-0.39, 0.29) is 35.9 Å². The zero-order valence-electron chi connectivity index (χ0n) is 10.5. The number of carbonyl (C=O) groups excluding carboxylic acids is 1. The summed E-state index contributed by atoms with van der Waals surface area (Å²) in [6, 6.07) is 5.55. The molecule has 0 aliphatic heterocycles. The average molecular weight is 266 g/mol. The summed E-state index contributed by atoms with van der Waals surface area (Å²) in [6.45, 7) is 0. The Balaban J connectivity index is 0. The zero-order chi connectivity index (χ0) is 12.2. The second-order valence-corrected chi connectivity index (χ2v) is 4.33. The first-order valence-corrected chi connectivity index (χ1v) is 5.71. The summed E-state index contributed by atoms with van der Waals surface area (Å²) in [6.07, 6.45) is 2.55. The molecular formula is C10H11NaO5S. The summed E-state index contributed by atoms with van der Waals surface area (Å²) in [5.74, 6) is -0.544. The quantitative estimate of drug-likeness (QED) is 0.303. The number of methoxy groups -OCH3 is 1. The number of carbonyl (C=O) groups is 1. The maximum Gasteiger partial charge on any atom is 1.00 e. The summed E-state index contributed by atoms with van der Waals surface area (Å²) in [5.41, 5.74) is 0.473. The molecule has 0 atom stereocenters. The summed E-state index contributed by atoms with van der Waals surface area (Å²) >= 11 is 0. The second-order valence-electron chi connectivity index (χ2n) is 2.90. The van der Waals surface area contributed by atoms with Crippen LogP contribution in [0.25, 0.3) is 6.08 Å². The molecule has 0 radical (unpaired) electrons. The molecular weight excluding hydrogens is 255 g/mol. The van der Waals surface area contributed by atoms with Crippen LogP contribution in [0.2, 0.25) is 0 Å². The van der Waals surface area contributed by atoms with Crippen LogP contribution in [0, 0.1) is 0 Å². The van der Waals surface area contributed by atoms with Gasteiger partial charge in [0.05, 0.1) is 12.0 Å². The minimum Gasteiger partial charge on any atom is -1.00 e. The molecule has 1 aromatic rings. The van der Waals surface area contributed by atoms with Gasteiger partial charge in [-0.05, 0) is 23.8 Å². The van der Waals surface area contributed by atoms with E-state index in [2.05, 4.69) is 4.74 Å². The normalized spacial score (nSPS) is 10.9. The van der Waals surface area contributed by atoms with Gasteiger partial charge in [-0.3, -0.25) is 4.55 Å². The van der Waals surface area contributed by atoms with Gasteiger partial charge in [0.25, 0.3) is 10.1 Å². The van der Waals surface area contributed by atoms with Gasteiger partial charge in [0.15, 0.2) is 0 Å². The molecule has 0 spiro atoms. The summed E-state index contributed by atoms with van der Waals surface area (Å²) in [4.78, 5) is 10.6. The van der Waals surface area contributed by atoms with Crippen molar-refractivity contribution in [2.24, 2.45) is 0 Å². The third kappa shape index (κ3) is 5.47. The molecule has 1 aromatic carbocycles. The first-order valence-electron chi connectivity index (χ1n) is 4.27. The van der Waals surface area contributed by atoms with Crippen LogP contribution >= 0.6 is 0 Å². The van der Waals surface area contributed by atoms with Crippen LogP contribution in [0.3, 0.4) is 0 Å². The van der Waals surface area contributed by atoms with Gasteiger partial charge in [0.2, 0.25) is 0 Å². The van der Waals surface area contributed by atoms with Gasteiger partial charge in [-0.1, -0.05) is 12.1 Å². The molecule has 0 aliphatic rings. The minimum atomic E-state index is -4.22. The molecule has 0 heterocycles. The fourth-order valence-corrected chi connectivity index (χ4v) is 1.55. The number of hydrogen-bond donors (Lipinski definition) is 1. The Morgan fingerprint density at radius 3 is 2.65 bits per heavy atom. The van der Waals surface area contributed by atoms with Crippen molar-refractivity contribution in [1.29, 1.82) is 0 Å². The van der Waals surface area contributed by atoms with Crippen molar-refractivity contribution in [1.82, 2.24) is 0 Å². The van der Waals surface area contributed by atoms with Crippen LogP contribution < -0.4 is 29.6 Å². The SMILES string of the molecule is COC(=O)/C=C/c1cccc(S(=O)(=O)O)c1.[H-].[Na+]. The van der Waals surface area contributed by atoms with E-state index in [1.807, 2.05) is 0 Å². The molecule has 88 valence electrons. The molecule has 0 saturated heterocycles. The molecule has 17 heavy (non-hydrogen) atoms. The molecule has 0 fully saturated rings. The Morgan fingerprint density at radius 1 is 1.47 bits per heavy atom. The molecule has 1 N–H and O–H groups in total. The van der Waals surface area contributed by atoms with Crippen molar-refractivity contribution in [3.05, 3.63) is 35.9 Å². The van der Waals surface area contributed by atoms with Gasteiger partial charge < -0.3 is 6.16 Å². The summed E-state index contributed by atoms with van der Waals surface area (Å²) in [5, 5.41) is 0. The molecule has 0 aromatic heterocycles. The van der Waals surface area contributed by atoms with E-state index in [9.17, 15) is 13.2 Å². The molecule has 0 amide bonds. The summed E-state index contributed by atoms with van der Waals surface area (Å²) < 4.78 is 34.8. The number of benzene rings is 1. The van der Waals surface area contributed by atoms with E-state index >= 15 is 0 Å². The number of esters is 1. The molecule has 1 rings (SSSR count). The van der Waals surface area contributed by atoms with Gasteiger partial charge in [-0.25, -0.2) is 4.79 Å².